The van der Waals surface area contributed by atoms with Gasteiger partial charge in [-0.05, 0) is 53.4 Å². The van der Waals surface area contributed by atoms with E-state index in [0.717, 1.165) is 39.2 Å². The number of anilines is 2. The molecule has 0 aliphatic carbocycles. The van der Waals surface area contributed by atoms with Crippen molar-refractivity contribution in [2.24, 2.45) is 0 Å². The van der Waals surface area contributed by atoms with Crippen LogP contribution in [-0.4, -0.2) is 25.0 Å². The molecule has 154 valence electrons. The van der Waals surface area contributed by atoms with E-state index in [0.29, 0.717) is 5.56 Å². The molecule has 4 rings (SSSR count). The highest BCUT2D eigenvalue weighted by Crippen LogP contribution is 2.28. The van der Waals surface area contributed by atoms with Crippen LogP contribution < -0.4 is 10.2 Å². The van der Waals surface area contributed by atoms with Gasteiger partial charge >= 0.3 is 0 Å². The monoisotopic (exact) mass is 407 g/mol. The van der Waals surface area contributed by atoms with E-state index >= 15 is 0 Å². The van der Waals surface area contributed by atoms with Crippen LogP contribution in [0.25, 0.3) is 22.3 Å². The Hall–Kier alpha value is -3.92. The fourth-order valence-corrected chi connectivity index (χ4v) is 3.45. The molecule has 3 aromatic carbocycles. The van der Waals surface area contributed by atoms with Gasteiger partial charge in [0.15, 0.2) is 0 Å². The lowest BCUT2D eigenvalue weighted by molar-refractivity contribution is 0.102. The van der Waals surface area contributed by atoms with Gasteiger partial charge in [-0.3, -0.25) is 9.78 Å². The van der Waals surface area contributed by atoms with Crippen LogP contribution in [0.5, 0.6) is 0 Å². The summed E-state index contributed by atoms with van der Waals surface area (Å²) in [7, 11) is 4.05. The van der Waals surface area contributed by atoms with Crippen LogP contribution in [0.1, 0.15) is 15.9 Å². The van der Waals surface area contributed by atoms with Gasteiger partial charge in [0.05, 0.1) is 5.56 Å². The Labute approximate surface area is 183 Å². The van der Waals surface area contributed by atoms with Crippen molar-refractivity contribution in [3.05, 3.63) is 102 Å². The van der Waals surface area contributed by atoms with E-state index in [-0.39, 0.29) is 5.91 Å². The number of nitrogens with one attached hydrogen (secondary N) is 1. The van der Waals surface area contributed by atoms with Crippen molar-refractivity contribution in [3.8, 4) is 22.3 Å². The molecule has 0 spiro atoms. The number of aryl methyl sites for hydroxylation is 1. The zero-order chi connectivity index (χ0) is 21.8. The van der Waals surface area contributed by atoms with E-state index in [4.69, 9.17) is 0 Å². The number of carbonyl (C=O) groups is 1. The maximum Gasteiger partial charge on any atom is 0.257 e. The van der Waals surface area contributed by atoms with Crippen molar-refractivity contribution in [1.29, 1.82) is 0 Å². The van der Waals surface area contributed by atoms with Crippen molar-refractivity contribution in [3.63, 3.8) is 0 Å². The highest BCUT2D eigenvalue weighted by atomic mass is 16.1. The fourth-order valence-electron chi connectivity index (χ4n) is 3.45. The molecule has 0 bridgehead atoms. The number of benzene rings is 3. The third-order valence-corrected chi connectivity index (χ3v) is 5.29. The average molecular weight is 408 g/mol. The minimum atomic E-state index is -0.174. The summed E-state index contributed by atoms with van der Waals surface area (Å²) in [4.78, 5) is 19.3. The summed E-state index contributed by atoms with van der Waals surface area (Å²) in [6.07, 6.45) is 3.37. The third kappa shape index (κ3) is 4.64. The lowest BCUT2D eigenvalue weighted by atomic mass is 10.0. The number of nitrogens with zero attached hydrogens (tertiary/aromatic N) is 2. The van der Waals surface area contributed by atoms with E-state index in [1.165, 1.54) is 0 Å². The molecular weight excluding hydrogens is 382 g/mol. The summed E-state index contributed by atoms with van der Waals surface area (Å²) >= 11 is 0. The first-order valence-electron chi connectivity index (χ1n) is 10.2. The lowest BCUT2D eigenvalue weighted by Crippen LogP contribution is -2.13. The van der Waals surface area contributed by atoms with Crippen LogP contribution in [0, 0.1) is 6.92 Å². The SMILES string of the molecule is Cc1ccc(-c2cccc(N(C)C)c2)cc1NC(=O)c1cncc(-c2ccccc2)c1. The molecule has 4 heteroatoms. The Bertz CT molecular complexity index is 1220. The quantitative estimate of drug-likeness (QED) is 0.438. The molecule has 1 aromatic heterocycles. The van der Waals surface area contributed by atoms with Crippen molar-refractivity contribution in [1.82, 2.24) is 4.98 Å². The molecule has 0 radical (unpaired) electrons. The third-order valence-electron chi connectivity index (χ3n) is 5.29. The molecule has 0 fully saturated rings. The van der Waals surface area contributed by atoms with Crippen LogP contribution in [0.15, 0.2) is 91.3 Å². The van der Waals surface area contributed by atoms with Crippen LogP contribution in [0.2, 0.25) is 0 Å². The number of hydrogen-bond donors (Lipinski definition) is 1. The number of carbonyl (C=O) groups excluding carboxylic acids is 1. The van der Waals surface area contributed by atoms with Gasteiger partial charge in [-0.2, -0.15) is 0 Å². The Balaban J connectivity index is 1.61. The second kappa shape index (κ2) is 8.84. The molecule has 4 nitrogen and oxygen atoms in total. The van der Waals surface area contributed by atoms with E-state index in [2.05, 4.69) is 39.5 Å². The van der Waals surface area contributed by atoms with Crippen LogP contribution in [-0.2, 0) is 0 Å². The Morgan fingerprint density at radius 2 is 1.52 bits per heavy atom. The first kappa shape index (κ1) is 20.4. The highest BCUT2D eigenvalue weighted by Gasteiger charge is 2.11. The van der Waals surface area contributed by atoms with Crippen molar-refractivity contribution >= 4 is 17.3 Å². The molecule has 0 saturated carbocycles. The van der Waals surface area contributed by atoms with E-state index in [1.54, 1.807) is 12.4 Å². The second-order valence-electron chi connectivity index (χ2n) is 7.76. The zero-order valence-corrected chi connectivity index (χ0v) is 18.0. The largest absolute Gasteiger partial charge is 0.378 e. The lowest BCUT2D eigenvalue weighted by Gasteiger charge is -2.15. The van der Waals surface area contributed by atoms with Crippen LogP contribution in [0.3, 0.4) is 0 Å². The van der Waals surface area contributed by atoms with Gasteiger partial charge in [-0.15, -0.1) is 0 Å². The molecule has 0 aliphatic rings. The topological polar surface area (TPSA) is 45.2 Å². The average Bonchev–Trinajstić information content (AvgIpc) is 2.81. The molecule has 0 saturated heterocycles. The Kier molecular flexibility index (Phi) is 5.80. The number of rotatable bonds is 5. The predicted molar refractivity (Wildman–Crippen MR) is 129 cm³/mol. The molecule has 1 N–H and O–H groups in total. The van der Waals surface area contributed by atoms with Gasteiger partial charge in [0.1, 0.15) is 0 Å². The summed E-state index contributed by atoms with van der Waals surface area (Å²) in [5, 5.41) is 3.06. The number of aromatic nitrogens is 1. The summed E-state index contributed by atoms with van der Waals surface area (Å²) in [5.74, 6) is -0.174. The van der Waals surface area contributed by atoms with Gasteiger partial charge < -0.3 is 10.2 Å². The maximum atomic E-state index is 13.0. The molecule has 4 aromatic rings. The van der Waals surface area contributed by atoms with E-state index in [9.17, 15) is 4.79 Å². The Morgan fingerprint density at radius 3 is 2.29 bits per heavy atom. The Morgan fingerprint density at radius 1 is 0.774 bits per heavy atom. The molecule has 1 heterocycles. The normalized spacial score (nSPS) is 10.5. The van der Waals surface area contributed by atoms with Gasteiger partial charge in [-0.1, -0.05) is 54.6 Å². The van der Waals surface area contributed by atoms with Gasteiger partial charge in [0.2, 0.25) is 0 Å². The number of amides is 1. The summed E-state index contributed by atoms with van der Waals surface area (Å²) in [5.41, 5.74) is 7.57. The van der Waals surface area contributed by atoms with Gasteiger partial charge in [0.25, 0.3) is 5.91 Å². The fraction of sp³-hybridized carbons (Fsp3) is 0.111. The van der Waals surface area contributed by atoms with Gasteiger partial charge in [0, 0.05) is 43.4 Å². The number of pyridine rings is 1. The van der Waals surface area contributed by atoms with Crippen molar-refractivity contribution in [2.45, 2.75) is 6.92 Å². The minimum Gasteiger partial charge on any atom is -0.378 e. The van der Waals surface area contributed by atoms with E-state index in [1.807, 2.05) is 75.6 Å². The molecule has 0 atom stereocenters. The summed E-state index contributed by atoms with van der Waals surface area (Å²) in [6, 6.07) is 26.3. The zero-order valence-electron chi connectivity index (χ0n) is 18.0. The molecular formula is C27H25N3O. The summed E-state index contributed by atoms with van der Waals surface area (Å²) in [6.45, 7) is 1.99. The van der Waals surface area contributed by atoms with Gasteiger partial charge in [-0.25, -0.2) is 0 Å². The summed E-state index contributed by atoms with van der Waals surface area (Å²) < 4.78 is 0. The molecule has 0 aliphatic heterocycles. The standard InChI is InChI=1S/C27H25N3O/c1-19-12-13-22(21-10-7-11-25(15-21)30(2)3)16-26(19)29-27(31)24-14-23(17-28-18-24)20-8-5-4-6-9-20/h4-18H,1-3H3,(H,29,31). The highest BCUT2D eigenvalue weighted by molar-refractivity contribution is 6.05. The van der Waals surface area contributed by atoms with Crippen LogP contribution >= 0.6 is 0 Å². The maximum absolute atomic E-state index is 13.0. The molecule has 31 heavy (non-hydrogen) atoms. The molecule has 1 amide bonds. The first-order valence-corrected chi connectivity index (χ1v) is 10.2. The minimum absolute atomic E-state index is 0.174. The smallest absolute Gasteiger partial charge is 0.257 e. The van der Waals surface area contributed by atoms with Crippen molar-refractivity contribution < 1.29 is 4.79 Å². The van der Waals surface area contributed by atoms with Crippen LogP contribution in [0.4, 0.5) is 11.4 Å². The second-order valence-corrected chi connectivity index (χ2v) is 7.76. The predicted octanol–water partition coefficient (Wildman–Crippen LogP) is 6.04. The van der Waals surface area contributed by atoms with E-state index < -0.39 is 0 Å². The first-order chi connectivity index (χ1) is 15.0. The number of hydrogen-bond acceptors (Lipinski definition) is 3. The van der Waals surface area contributed by atoms with Crippen molar-refractivity contribution in [2.75, 3.05) is 24.3 Å². The molecule has 0 unspecified atom stereocenters.